The third-order valence-corrected chi connectivity index (χ3v) is 3.38. The molecule has 0 amide bonds. The molecule has 0 fully saturated rings. The zero-order valence-corrected chi connectivity index (χ0v) is 10.9. The summed E-state index contributed by atoms with van der Waals surface area (Å²) in [6.45, 7) is 4.15. The predicted octanol–water partition coefficient (Wildman–Crippen LogP) is 2.67. The van der Waals surface area contributed by atoms with Crippen molar-refractivity contribution in [2.24, 2.45) is 0 Å². The van der Waals surface area contributed by atoms with Gasteiger partial charge < -0.3 is 15.7 Å². The molecule has 0 unspecified atom stereocenters. The molecule has 4 heteroatoms. The van der Waals surface area contributed by atoms with Gasteiger partial charge in [0.25, 0.3) is 5.56 Å². The molecule has 1 aliphatic heterocycles. The summed E-state index contributed by atoms with van der Waals surface area (Å²) in [7, 11) is 0. The van der Waals surface area contributed by atoms with E-state index in [9.17, 15) is 4.79 Å². The Morgan fingerprint density at radius 3 is 2.47 bits per heavy atom. The van der Waals surface area contributed by atoms with Gasteiger partial charge in [0, 0.05) is 23.5 Å². The van der Waals surface area contributed by atoms with E-state index in [4.69, 9.17) is 5.73 Å². The Kier molecular flexibility index (Phi) is 2.45. The summed E-state index contributed by atoms with van der Waals surface area (Å²) in [5, 5.41) is 0. The van der Waals surface area contributed by atoms with Gasteiger partial charge in [0.15, 0.2) is 0 Å². The van der Waals surface area contributed by atoms with Crippen LogP contribution in [0.2, 0.25) is 0 Å². The number of aromatic amines is 2. The summed E-state index contributed by atoms with van der Waals surface area (Å²) in [5.41, 5.74) is 12.3. The Hall–Kier alpha value is -2.49. The van der Waals surface area contributed by atoms with E-state index in [1.54, 1.807) is 12.3 Å². The zero-order valence-electron chi connectivity index (χ0n) is 10.9. The molecule has 0 saturated heterocycles. The second-order valence-corrected chi connectivity index (χ2v) is 4.88. The number of nitrogens with one attached hydrogen (secondary N) is 2. The SMILES string of the molecule is Cc1cc2c(C)c[nH]c(-c3c[nH]c(=O)c(N)c3)c-2c1. The molecular weight excluding hydrogens is 238 g/mol. The zero-order chi connectivity index (χ0) is 13.6. The molecule has 0 spiro atoms. The molecule has 4 N–H and O–H groups in total. The number of hydrogen-bond acceptors (Lipinski definition) is 2. The quantitative estimate of drug-likeness (QED) is 0.623. The highest BCUT2D eigenvalue weighted by atomic mass is 16.1. The third-order valence-electron chi connectivity index (χ3n) is 3.38. The normalized spacial score (nSPS) is 11.1. The summed E-state index contributed by atoms with van der Waals surface area (Å²) in [6, 6.07) is 5.99. The van der Waals surface area contributed by atoms with Gasteiger partial charge >= 0.3 is 0 Å². The number of pyridine rings is 2. The first-order chi connectivity index (χ1) is 9.06. The summed E-state index contributed by atoms with van der Waals surface area (Å²) in [5.74, 6) is 0. The lowest BCUT2D eigenvalue weighted by Crippen LogP contribution is -2.10. The van der Waals surface area contributed by atoms with Gasteiger partial charge in [-0.2, -0.15) is 0 Å². The van der Waals surface area contributed by atoms with E-state index in [2.05, 4.69) is 35.9 Å². The van der Waals surface area contributed by atoms with E-state index in [0.29, 0.717) is 0 Å². The fourth-order valence-corrected chi connectivity index (χ4v) is 2.41. The lowest BCUT2D eigenvalue weighted by atomic mass is 10.0. The van der Waals surface area contributed by atoms with Crippen LogP contribution in [0.3, 0.4) is 0 Å². The van der Waals surface area contributed by atoms with Gasteiger partial charge in [0.2, 0.25) is 0 Å². The van der Waals surface area contributed by atoms with Gasteiger partial charge in [-0.3, -0.25) is 4.79 Å². The standard InChI is InChI=1S/C15H15N3O/c1-8-3-11-9(2)6-17-14(12(11)4-8)10-5-13(16)15(19)18-7-10/h3-7,17H,16H2,1-2H3,(H,18,19). The first-order valence-corrected chi connectivity index (χ1v) is 6.13. The number of nitrogen functional groups attached to an aromatic ring is 1. The minimum absolute atomic E-state index is 0.225. The van der Waals surface area contributed by atoms with E-state index in [-0.39, 0.29) is 11.2 Å². The molecule has 2 heterocycles. The second kappa shape index (κ2) is 4.02. The van der Waals surface area contributed by atoms with Crippen molar-refractivity contribution in [3.8, 4) is 22.4 Å². The number of hydrogen-bond donors (Lipinski definition) is 3. The van der Waals surface area contributed by atoms with Gasteiger partial charge in [-0.15, -0.1) is 0 Å². The summed E-state index contributed by atoms with van der Waals surface area (Å²) >= 11 is 0. The molecule has 0 aromatic carbocycles. The summed E-state index contributed by atoms with van der Waals surface area (Å²) < 4.78 is 0. The number of aromatic nitrogens is 2. The monoisotopic (exact) mass is 253 g/mol. The largest absolute Gasteiger partial charge is 0.394 e. The highest BCUT2D eigenvalue weighted by Gasteiger charge is 2.14. The van der Waals surface area contributed by atoms with Crippen LogP contribution in [-0.4, -0.2) is 9.97 Å². The van der Waals surface area contributed by atoms with Crippen LogP contribution in [0.1, 0.15) is 11.1 Å². The van der Waals surface area contributed by atoms with Gasteiger partial charge in [0.05, 0.1) is 11.4 Å². The molecule has 0 bridgehead atoms. The van der Waals surface area contributed by atoms with Gasteiger partial charge in [-0.1, -0.05) is 6.07 Å². The van der Waals surface area contributed by atoms with E-state index < -0.39 is 0 Å². The van der Waals surface area contributed by atoms with Crippen molar-refractivity contribution < 1.29 is 0 Å². The Labute approximate surface area is 110 Å². The fourth-order valence-electron chi connectivity index (χ4n) is 2.41. The first kappa shape index (κ1) is 11.6. The fraction of sp³-hybridized carbons (Fsp3) is 0.133. The maximum Gasteiger partial charge on any atom is 0.271 e. The summed E-state index contributed by atoms with van der Waals surface area (Å²) in [6.07, 6.45) is 3.65. The molecule has 19 heavy (non-hydrogen) atoms. The lowest BCUT2D eigenvalue weighted by molar-refractivity contribution is 1.22. The van der Waals surface area contributed by atoms with Crippen LogP contribution in [0.15, 0.2) is 35.4 Å². The van der Waals surface area contributed by atoms with Crippen LogP contribution in [-0.2, 0) is 0 Å². The Morgan fingerprint density at radius 2 is 1.74 bits per heavy atom. The lowest BCUT2D eigenvalue weighted by Gasteiger charge is -2.11. The number of aryl methyl sites for hydroxylation is 2. The average Bonchev–Trinajstić information content (AvgIpc) is 2.76. The van der Waals surface area contributed by atoms with E-state index in [0.717, 1.165) is 16.8 Å². The number of fused-ring (bicyclic) bond motifs is 1. The highest BCUT2D eigenvalue weighted by Crippen LogP contribution is 2.36. The Morgan fingerprint density at radius 1 is 1.00 bits per heavy atom. The van der Waals surface area contributed by atoms with Crippen LogP contribution in [0.25, 0.3) is 22.4 Å². The molecule has 0 saturated carbocycles. The van der Waals surface area contributed by atoms with Crippen molar-refractivity contribution >= 4 is 5.69 Å². The first-order valence-electron chi connectivity index (χ1n) is 6.13. The van der Waals surface area contributed by atoms with Crippen LogP contribution in [0.5, 0.6) is 0 Å². The number of anilines is 1. The summed E-state index contributed by atoms with van der Waals surface area (Å²) in [4.78, 5) is 17.3. The third kappa shape index (κ3) is 1.81. The van der Waals surface area contributed by atoms with E-state index in [1.807, 2.05) is 6.20 Å². The van der Waals surface area contributed by atoms with Crippen molar-refractivity contribution in [1.82, 2.24) is 9.97 Å². The van der Waals surface area contributed by atoms with Crippen molar-refractivity contribution in [2.75, 3.05) is 5.73 Å². The maximum absolute atomic E-state index is 11.3. The number of H-pyrrole nitrogens is 2. The van der Waals surface area contributed by atoms with Gasteiger partial charge in [-0.25, -0.2) is 0 Å². The van der Waals surface area contributed by atoms with Crippen molar-refractivity contribution in [3.63, 3.8) is 0 Å². The molecule has 4 nitrogen and oxygen atoms in total. The minimum Gasteiger partial charge on any atom is -0.394 e. The Bertz CT molecular complexity index is 783. The molecule has 3 rings (SSSR count). The van der Waals surface area contributed by atoms with Crippen LogP contribution < -0.4 is 11.3 Å². The topological polar surface area (TPSA) is 74.7 Å². The van der Waals surface area contributed by atoms with Crippen LogP contribution in [0, 0.1) is 13.8 Å². The molecular formula is C15H15N3O. The number of rotatable bonds is 1. The average molecular weight is 253 g/mol. The van der Waals surface area contributed by atoms with Crippen LogP contribution >= 0.6 is 0 Å². The predicted molar refractivity (Wildman–Crippen MR) is 77.4 cm³/mol. The molecule has 1 aromatic heterocycles. The van der Waals surface area contributed by atoms with Gasteiger partial charge in [0.1, 0.15) is 0 Å². The molecule has 1 aliphatic carbocycles. The second-order valence-electron chi connectivity index (χ2n) is 4.88. The number of nitrogens with two attached hydrogens (primary N) is 1. The van der Waals surface area contributed by atoms with Gasteiger partial charge in [-0.05, 0) is 42.7 Å². The van der Waals surface area contributed by atoms with Crippen molar-refractivity contribution in [3.05, 3.63) is 52.1 Å². The molecule has 0 atom stereocenters. The van der Waals surface area contributed by atoms with E-state index >= 15 is 0 Å². The van der Waals surface area contributed by atoms with Crippen molar-refractivity contribution in [2.45, 2.75) is 13.8 Å². The smallest absolute Gasteiger partial charge is 0.271 e. The van der Waals surface area contributed by atoms with Crippen molar-refractivity contribution in [1.29, 1.82) is 0 Å². The van der Waals surface area contributed by atoms with Crippen LogP contribution in [0.4, 0.5) is 5.69 Å². The van der Waals surface area contributed by atoms with E-state index in [1.165, 1.54) is 16.7 Å². The maximum atomic E-state index is 11.3. The highest BCUT2D eigenvalue weighted by molar-refractivity contribution is 5.85. The molecule has 96 valence electrons. The molecule has 0 radical (unpaired) electrons. The molecule has 2 aliphatic rings. The Balaban J connectivity index is 2.28. The minimum atomic E-state index is -0.259. The molecule has 1 aromatic rings.